The van der Waals surface area contributed by atoms with Crippen LogP contribution in [0.4, 0.5) is 0 Å². The molecule has 62 valence electrons. The third kappa shape index (κ3) is 5.43. The van der Waals surface area contributed by atoms with E-state index >= 15 is 0 Å². The molecule has 0 aliphatic heterocycles. The summed E-state index contributed by atoms with van der Waals surface area (Å²) in [5, 5.41) is 0. The fraction of sp³-hybridized carbons (Fsp3) is 1.00. The molecule has 0 heterocycles. The van der Waals surface area contributed by atoms with E-state index in [4.69, 9.17) is 0 Å². The van der Waals surface area contributed by atoms with Crippen LogP contribution in [0.2, 0.25) is 0 Å². The van der Waals surface area contributed by atoms with Gasteiger partial charge in [-0.25, -0.2) is 8.42 Å². The van der Waals surface area contributed by atoms with Crippen LogP contribution in [0.3, 0.4) is 0 Å². The Kier molecular flexibility index (Phi) is 5.65. The highest BCUT2D eigenvalue weighted by molar-refractivity contribution is 14.1. The molecule has 0 rings (SSSR count). The first-order chi connectivity index (χ1) is 4.62. The Morgan fingerprint density at radius 3 is 2.40 bits per heavy atom. The van der Waals surface area contributed by atoms with Crippen LogP contribution in [0, 0.1) is 0 Å². The van der Waals surface area contributed by atoms with Gasteiger partial charge in [-0.1, -0.05) is 22.6 Å². The molecule has 0 atom stereocenters. The number of halogens is 1. The smallest absolute Gasteiger partial charge is 0.153 e. The molecule has 0 N–H and O–H groups in total. The van der Waals surface area contributed by atoms with Gasteiger partial charge in [0.25, 0.3) is 0 Å². The zero-order valence-electron chi connectivity index (χ0n) is 5.84. The van der Waals surface area contributed by atoms with Crippen LogP contribution in [-0.2, 0) is 14.6 Å². The maximum atomic E-state index is 10.9. The fourth-order valence-electron chi connectivity index (χ4n) is 0.430. The average molecular weight is 278 g/mol. The Morgan fingerprint density at radius 1 is 1.40 bits per heavy atom. The number of rotatable bonds is 5. The van der Waals surface area contributed by atoms with Crippen molar-refractivity contribution in [1.82, 2.24) is 0 Å². The van der Waals surface area contributed by atoms with Crippen LogP contribution >= 0.6 is 22.6 Å². The van der Waals surface area contributed by atoms with E-state index in [-0.39, 0.29) is 11.5 Å². The SMILES string of the molecule is COCCS(=O)(=O)CCI. The van der Waals surface area contributed by atoms with Gasteiger partial charge < -0.3 is 4.74 Å². The lowest BCUT2D eigenvalue weighted by atomic mass is 10.9. The van der Waals surface area contributed by atoms with Crippen molar-refractivity contribution >= 4 is 32.4 Å². The summed E-state index contributed by atoms with van der Waals surface area (Å²) in [5.74, 6) is 0.406. The summed E-state index contributed by atoms with van der Waals surface area (Å²) in [7, 11) is -1.33. The fourth-order valence-corrected chi connectivity index (χ4v) is 3.30. The summed E-state index contributed by atoms with van der Waals surface area (Å²) in [6.07, 6.45) is 0. The van der Waals surface area contributed by atoms with Crippen molar-refractivity contribution in [2.45, 2.75) is 0 Å². The van der Waals surface area contributed by atoms with Gasteiger partial charge in [-0.2, -0.15) is 0 Å². The van der Waals surface area contributed by atoms with Gasteiger partial charge in [-0.05, 0) is 0 Å². The third-order valence-corrected chi connectivity index (χ3v) is 3.87. The number of hydrogen-bond acceptors (Lipinski definition) is 3. The molecule has 0 saturated carbocycles. The Morgan fingerprint density at radius 2 is 2.00 bits per heavy atom. The average Bonchev–Trinajstić information content (AvgIpc) is 1.84. The van der Waals surface area contributed by atoms with Crippen LogP contribution in [0.1, 0.15) is 0 Å². The Balaban J connectivity index is 3.65. The molecule has 0 aliphatic carbocycles. The molecule has 0 unspecified atom stereocenters. The molecule has 0 saturated heterocycles. The van der Waals surface area contributed by atoms with E-state index in [1.54, 1.807) is 0 Å². The molecular weight excluding hydrogens is 267 g/mol. The predicted molar refractivity (Wildman–Crippen MR) is 49.4 cm³/mol. The van der Waals surface area contributed by atoms with Crippen LogP contribution in [0.25, 0.3) is 0 Å². The molecule has 0 fully saturated rings. The van der Waals surface area contributed by atoms with E-state index in [9.17, 15) is 8.42 Å². The lowest BCUT2D eigenvalue weighted by Crippen LogP contribution is -2.15. The number of ether oxygens (including phenoxy) is 1. The molecule has 5 heteroatoms. The first kappa shape index (κ1) is 10.6. The minimum atomic E-state index is -2.83. The van der Waals surface area contributed by atoms with E-state index in [1.165, 1.54) is 7.11 Å². The van der Waals surface area contributed by atoms with Crippen LogP contribution < -0.4 is 0 Å². The molecule has 0 bridgehead atoms. The summed E-state index contributed by atoms with van der Waals surface area (Å²) >= 11 is 2.04. The van der Waals surface area contributed by atoms with E-state index in [1.807, 2.05) is 22.6 Å². The molecular formula is C5H11IO3S. The van der Waals surface area contributed by atoms with E-state index in [0.29, 0.717) is 11.0 Å². The van der Waals surface area contributed by atoms with Crippen LogP contribution in [0.5, 0.6) is 0 Å². The summed E-state index contributed by atoms with van der Waals surface area (Å²) in [5.41, 5.74) is 0. The number of hydrogen-bond donors (Lipinski definition) is 0. The third-order valence-electron chi connectivity index (χ3n) is 0.987. The Hall–Kier alpha value is 0.640. The summed E-state index contributed by atoms with van der Waals surface area (Å²) in [6.45, 7) is 0.305. The minimum absolute atomic E-state index is 0.145. The van der Waals surface area contributed by atoms with Crippen molar-refractivity contribution in [3.05, 3.63) is 0 Å². The maximum absolute atomic E-state index is 10.9. The zero-order valence-corrected chi connectivity index (χ0v) is 8.81. The van der Waals surface area contributed by atoms with Crippen molar-refractivity contribution in [2.24, 2.45) is 0 Å². The molecule has 0 amide bonds. The van der Waals surface area contributed by atoms with Crippen molar-refractivity contribution in [3.63, 3.8) is 0 Å². The largest absolute Gasteiger partial charge is 0.384 e. The molecule has 0 aromatic heterocycles. The second-order valence-corrected chi connectivity index (χ2v) is 5.22. The molecule has 0 aromatic carbocycles. The van der Waals surface area contributed by atoms with Gasteiger partial charge in [0, 0.05) is 11.5 Å². The van der Waals surface area contributed by atoms with Crippen molar-refractivity contribution in [2.75, 3.05) is 29.6 Å². The monoisotopic (exact) mass is 278 g/mol. The molecule has 0 aromatic rings. The number of alkyl halides is 1. The lowest BCUT2D eigenvalue weighted by Gasteiger charge is -1.99. The second-order valence-electron chi connectivity index (χ2n) is 1.83. The summed E-state index contributed by atoms with van der Waals surface area (Å²) < 4.78 is 27.1. The summed E-state index contributed by atoms with van der Waals surface area (Å²) in [6, 6.07) is 0. The van der Waals surface area contributed by atoms with Gasteiger partial charge >= 0.3 is 0 Å². The van der Waals surface area contributed by atoms with Crippen molar-refractivity contribution < 1.29 is 13.2 Å². The minimum Gasteiger partial charge on any atom is -0.384 e. The van der Waals surface area contributed by atoms with E-state index in [2.05, 4.69) is 4.74 Å². The van der Waals surface area contributed by atoms with E-state index < -0.39 is 9.84 Å². The molecule has 0 aliphatic rings. The maximum Gasteiger partial charge on any atom is 0.153 e. The predicted octanol–water partition coefficient (Wildman–Crippen LogP) is 0.483. The molecule has 0 spiro atoms. The van der Waals surface area contributed by atoms with Gasteiger partial charge in [0.1, 0.15) is 0 Å². The first-order valence-corrected chi connectivity index (χ1v) is 6.22. The van der Waals surface area contributed by atoms with Gasteiger partial charge in [-0.3, -0.25) is 0 Å². The molecule has 10 heavy (non-hydrogen) atoms. The lowest BCUT2D eigenvalue weighted by molar-refractivity contribution is 0.217. The van der Waals surface area contributed by atoms with Crippen molar-refractivity contribution in [1.29, 1.82) is 0 Å². The van der Waals surface area contributed by atoms with Gasteiger partial charge in [-0.15, -0.1) is 0 Å². The highest BCUT2D eigenvalue weighted by Gasteiger charge is 2.07. The normalized spacial score (nSPS) is 11.8. The van der Waals surface area contributed by atoms with Gasteiger partial charge in [0.15, 0.2) is 9.84 Å². The molecule has 3 nitrogen and oxygen atoms in total. The van der Waals surface area contributed by atoms with Crippen LogP contribution in [-0.4, -0.2) is 38.1 Å². The second kappa shape index (κ2) is 5.31. The molecule has 0 radical (unpaired) electrons. The van der Waals surface area contributed by atoms with E-state index in [0.717, 1.165) is 0 Å². The number of methoxy groups -OCH3 is 1. The first-order valence-electron chi connectivity index (χ1n) is 2.87. The Bertz CT molecular complexity index is 164. The highest BCUT2D eigenvalue weighted by Crippen LogP contribution is 1.93. The van der Waals surface area contributed by atoms with Gasteiger partial charge in [0.2, 0.25) is 0 Å². The zero-order chi connectivity index (χ0) is 8.04. The topological polar surface area (TPSA) is 43.4 Å². The highest BCUT2D eigenvalue weighted by atomic mass is 127. The summed E-state index contributed by atoms with van der Waals surface area (Å²) in [4.78, 5) is 0. The van der Waals surface area contributed by atoms with Gasteiger partial charge in [0.05, 0.1) is 18.1 Å². The standard InChI is InChI=1S/C5H11IO3S/c1-9-3-5-10(7,8)4-2-6/h2-5H2,1H3. The quantitative estimate of drug-likeness (QED) is 0.543. The number of sulfone groups is 1. The van der Waals surface area contributed by atoms with Crippen LogP contribution in [0.15, 0.2) is 0 Å². The van der Waals surface area contributed by atoms with Crippen molar-refractivity contribution in [3.8, 4) is 0 Å². The Labute approximate surface area is 75.2 Å².